The Morgan fingerprint density at radius 3 is 2.08 bits per heavy atom. The number of hydrogen-bond acceptors (Lipinski definition) is 5. The van der Waals surface area contributed by atoms with E-state index in [2.05, 4.69) is 82.9 Å². The van der Waals surface area contributed by atoms with Crippen LogP contribution in [0.15, 0.2) is 11.6 Å². The Morgan fingerprint density at radius 1 is 1.16 bits per heavy atom. The number of nitrogens with zero attached hydrogens (tertiary/aromatic N) is 2. The molecular weight excluding hydrogens is 699 g/mol. The van der Waals surface area contributed by atoms with Crippen LogP contribution in [0.2, 0.25) is 0 Å². The number of likely N-dealkylation sites (N-methyl/N-ethyl adjacent to an activating group) is 2. The summed E-state index contributed by atoms with van der Waals surface area (Å²) in [5, 5.41) is 26.8. The molecule has 0 bridgehead atoms. The predicted molar refractivity (Wildman–Crippen MR) is 130 cm³/mol. The Hall–Kier alpha value is 2.38. The predicted octanol–water partition coefficient (Wildman–Crippen LogP) is 2.26. The first kappa shape index (κ1) is 32.1. The standard InChI is InChI=1S/C7H15NO2.C7H13NO.CH3.B.3HI.V/c1-8-3-2-6(5-9)7(10)4-8;1-8-4-2-7(6-9)3-5-8;;;;;;/h6-7,9-10H,2-5H2,1H3;2,9H,3-6H2,1H3;1H3;;3*1H;/q;;-1;;;;;+3/p-3/t6-,7+;;;;;;;/m0......./s1. The van der Waals surface area contributed by atoms with Crippen LogP contribution >= 0.6 is 59.9 Å². The summed E-state index contributed by atoms with van der Waals surface area (Å²) in [6.07, 6.45) is 3.72. The molecule has 0 saturated carbocycles. The maximum absolute atomic E-state index is 9.34. The molecule has 0 aromatic rings. The van der Waals surface area contributed by atoms with Gasteiger partial charge in [0.05, 0.1) is 12.7 Å². The van der Waals surface area contributed by atoms with Gasteiger partial charge >= 0.3 is 64.9 Å². The van der Waals surface area contributed by atoms with Gasteiger partial charge in [0.2, 0.25) is 0 Å². The molecule has 1 fully saturated rings. The number of piperidine rings is 1. The Kier molecular flexibility index (Phi) is 25.2. The molecule has 1 saturated heterocycles. The monoisotopic (exact) mass is 730 g/mol. The zero-order chi connectivity index (χ0) is 17.8. The normalized spacial score (nSPS) is 23.8. The fraction of sp³-hybridized carbons (Fsp3) is 0.800. The van der Waals surface area contributed by atoms with Crippen LogP contribution in [0, 0.1) is 13.3 Å². The van der Waals surface area contributed by atoms with Crippen LogP contribution in [0.4, 0.5) is 0 Å². The number of β-amino-alcohol motifs (C(OH)–C–C–N with tert-alkyl or cyclic N) is 1. The third kappa shape index (κ3) is 18.2. The van der Waals surface area contributed by atoms with E-state index < -0.39 is 0 Å². The van der Waals surface area contributed by atoms with Crippen molar-refractivity contribution in [2.45, 2.75) is 18.9 Å². The Morgan fingerprint density at radius 2 is 1.72 bits per heavy atom. The van der Waals surface area contributed by atoms with E-state index in [4.69, 9.17) is 10.2 Å². The number of aliphatic hydroxyl groups excluding tert-OH is 3. The third-order valence-corrected chi connectivity index (χ3v) is 3.87. The molecule has 25 heavy (non-hydrogen) atoms. The summed E-state index contributed by atoms with van der Waals surface area (Å²) in [5.74, 6) is 0.108. The van der Waals surface area contributed by atoms with Crippen molar-refractivity contribution in [3.05, 3.63) is 19.1 Å². The third-order valence-electron chi connectivity index (χ3n) is 3.87. The van der Waals surface area contributed by atoms with Gasteiger partial charge in [-0.2, -0.15) is 0 Å². The van der Waals surface area contributed by atoms with Crippen molar-refractivity contribution >= 4 is 68.3 Å². The molecule has 2 aliphatic rings. The van der Waals surface area contributed by atoms with Crippen LogP contribution < -0.4 is 0 Å². The molecule has 2 rings (SSSR count). The molecule has 5 nitrogen and oxygen atoms in total. The number of hydrogen-bond donors (Lipinski definition) is 3. The number of rotatable bonds is 2. The topological polar surface area (TPSA) is 67.2 Å². The first-order valence-electron chi connectivity index (χ1n) is 7.52. The molecule has 10 heteroatoms. The molecule has 3 N–H and O–H groups in total. The van der Waals surface area contributed by atoms with Crippen molar-refractivity contribution in [2.24, 2.45) is 5.92 Å². The quantitative estimate of drug-likeness (QED) is 0.176. The van der Waals surface area contributed by atoms with Crippen LogP contribution in [0.25, 0.3) is 0 Å². The van der Waals surface area contributed by atoms with E-state index >= 15 is 0 Å². The molecule has 0 aliphatic carbocycles. The van der Waals surface area contributed by atoms with Gasteiger partial charge in [-0.05, 0) is 39.1 Å². The van der Waals surface area contributed by atoms with Gasteiger partial charge in [0.1, 0.15) is 0 Å². The van der Waals surface area contributed by atoms with Crippen LogP contribution in [0.5, 0.6) is 0 Å². The zero-order valence-electron chi connectivity index (χ0n) is 15.3. The minimum atomic E-state index is -0.330. The minimum absolute atomic E-state index is 0. The molecule has 3 radical (unpaired) electrons. The van der Waals surface area contributed by atoms with Crippen molar-refractivity contribution in [3.8, 4) is 0 Å². The summed E-state index contributed by atoms with van der Waals surface area (Å²) < 4.78 is 0. The summed E-state index contributed by atoms with van der Waals surface area (Å²) in [6, 6.07) is 0. The molecule has 0 unspecified atom stereocenters. The van der Waals surface area contributed by atoms with Crippen LogP contribution in [-0.2, 0) is 4.92 Å². The second-order valence-corrected chi connectivity index (χ2v) is 41.2. The van der Waals surface area contributed by atoms with Crippen LogP contribution in [0.3, 0.4) is 0 Å². The molecule has 2 atom stereocenters. The van der Waals surface area contributed by atoms with E-state index in [1.165, 1.54) is 5.57 Å². The van der Waals surface area contributed by atoms with Gasteiger partial charge in [-0.25, -0.2) is 0 Å². The van der Waals surface area contributed by atoms with Crippen molar-refractivity contribution in [1.82, 2.24) is 9.80 Å². The molecule has 0 spiro atoms. The number of aliphatic hydroxyl groups is 3. The van der Waals surface area contributed by atoms with Gasteiger partial charge in [0.25, 0.3) is 0 Å². The molecule has 0 aromatic heterocycles. The fourth-order valence-electron chi connectivity index (χ4n) is 2.31. The van der Waals surface area contributed by atoms with E-state index in [0.29, 0.717) is 6.54 Å². The summed E-state index contributed by atoms with van der Waals surface area (Å²) in [7, 11) is 4.07. The number of halogens is 3. The van der Waals surface area contributed by atoms with E-state index in [0.717, 1.165) is 32.5 Å². The van der Waals surface area contributed by atoms with Crippen LogP contribution in [0.1, 0.15) is 12.8 Å². The zero-order valence-corrected chi connectivity index (χ0v) is 23.2. The molecule has 2 heterocycles. The first-order valence-corrected chi connectivity index (χ1v) is 21.0. The summed E-state index contributed by atoms with van der Waals surface area (Å²) in [6.45, 7) is 4.14. The molecule has 0 amide bonds. The van der Waals surface area contributed by atoms with Crippen molar-refractivity contribution < 1.29 is 20.2 Å². The Labute approximate surface area is 193 Å². The van der Waals surface area contributed by atoms with Crippen LogP contribution in [-0.4, -0.2) is 93.1 Å². The molecule has 149 valence electrons. The van der Waals surface area contributed by atoms with E-state index in [1.54, 1.807) is 0 Å². The van der Waals surface area contributed by atoms with Crippen molar-refractivity contribution in [2.75, 3.05) is 53.5 Å². The average Bonchev–Trinajstić information content (AvgIpc) is 2.48. The Balaban J connectivity index is -0.000000302. The van der Waals surface area contributed by atoms with Gasteiger partial charge in [0.15, 0.2) is 0 Å². The van der Waals surface area contributed by atoms with Gasteiger partial charge in [-0.15, -0.1) is 0 Å². The SMILES string of the molecule is CN1CC=C(CO)CC1.CN1CC[C@@H](CO)[C@H](O)C1.[B].[CH3-].[I][V]([I])[I]. The van der Waals surface area contributed by atoms with Gasteiger partial charge in [-0.3, -0.25) is 0 Å². The van der Waals surface area contributed by atoms with E-state index in [9.17, 15) is 5.11 Å². The van der Waals surface area contributed by atoms with Gasteiger partial charge < -0.3 is 32.5 Å². The average molecular weight is 730 g/mol. The molecule has 2 aliphatic heterocycles. The molecular formula is C15H31BI3N2O3V-. The summed E-state index contributed by atoms with van der Waals surface area (Å²) >= 11 is 7.39. The Bertz CT molecular complexity index is 342. The van der Waals surface area contributed by atoms with Gasteiger partial charge in [-0.1, -0.05) is 6.08 Å². The van der Waals surface area contributed by atoms with E-state index in [-0.39, 0.29) is 46.0 Å². The second-order valence-electron chi connectivity index (χ2n) is 5.79. The summed E-state index contributed by atoms with van der Waals surface area (Å²) in [5.41, 5.74) is 1.19. The molecule has 0 aromatic carbocycles. The van der Waals surface area contributed by atoms with Gasteiger partial charge in [0, 0.05) is 40.6 Å². The first-order chi connectivity index (χ1) is 10.8. The van der Waals surface area contributed by atoms with E-state index in [1.807, 2.05) is 7.05 Å². The number of likely N-dealkylation sites (tertiary alicyclic amines) is 1. The summed E-state index contributed by atoms with van der Waals surface area (Å²) in [4.78, 5) is 4.04. The fourth-order valence-corrected chi connectivity index (χ4v) is 2.31. The van der Waals surface area contributed by atoms with Crippen molar-refractivity contribution in [1.29, 1.82) is 0 Å². The van der Waals surface area contributed by atoms with Crippen molar-refractivity contribution in [3.63, 3.8) is 0 Å². The maximum atomic E-state index is 9.34. The second kappa shape index (κ2) is 19.7.